The summed E-state index contributed by atoms with van der Waals surface area (Å²) in [4.78, 5) is 0. The van der Waals surface area contributed by atoms with Crippen LogP contribution in [0.4, 0.5) is 4.39 Å². The van der Waals surface area contributed by atoms with Crippen LogP contribution >= 0.6 is 0 Å². The minimum atomic E-state index is -0.118. The molecular weight excluding hydrogens is 117 g/mol. The highest BCUT2D eigenvalue weighted by Gasteiger charge is 2.51. The van der Waals surface area contributed by atoms with E-state index in [4.69, 9.17) is 0 Å². The maximum atomic E-state index is 12.2. The second-order valence-electron chi connectivity index (χ2n) is 3.34. The number of hydrogen-bond acceptors (Lipinski definition) is 1. The molecule has 1 heterocycles. The molecule has 0 bridgehead atoms. The molecule has 52 valence electrons. The molecule has 0 radical (unpaired) electrons. The lowest BCUT2D eigenvalue weighted by Gasteiger charge is -2.10. The van der Waals surface area contributed by atoms with Gasteiger partial charge in [-0.25, -0.2) is 0 Å². The maximum absolute atomic E-state index is 12.2. The first-order valence-corrected chi connectivity index (χ1v) is 3.64. The number of alkyl halides is 1. The monoisotopic (exact) mass is 129 g/mol. The van der Waals surface area contributed by atoms with Crippen molar-refractivity contribution in [3.05, 3.63) is 0 Å². The SMILES string of the molecule is FCC1CNCC12CC2. The van der Waals surface area contributed by atoms with Crippen molar-refractivity contribution < 1.29 is 4.39 Å². The molecular formula is C7H12FN. The molecule has 1 saturated carbocycles. The average Bonchev–Trinajstić information content (AvgIpc) is 2.45. The molecule has 0 aromatic carbocycles. The highest BCUT2D eigenvalue weighted by Crippen LogP contribution is 2.53. The van der Waals surface area contributed by atoms with Crippen LogP contribution in [0.5, 0.6) is 0 Å². The minimum absolute atomic E-state index is 0.118. The minimum Gasteiger partial charge on any atom is -0.316 e. The molecule has 0 amide bonds. The molecule has 2 rings (SSSR count). The number of rotatable bonds is 1. The largest absolute Gasteiger partial charge is 0.316 e. The van der Waals surface area contributed by atoms with Gasteiger partial charge in [-0.3, -0.25) is 4.39 Å². The molecule has 1 unspecified atom stereocenters. The Morgan fingerprint density at radius 1 is 1.56 bits per heavy atom. The van der Waals surface area contributed by atoms with Crippen molar-refractivity contribution in [2.75, 3.05) is 19.8 Å². The fraction of sp³-hybridized carbons (Fsp3) is 1.00. The van der Waals surface area contributed by atoms with E-state index in [1.807, 2.05) is 0 Å². The van der Waals surface area contributed by atoms with Crippen LogP contribution in [0.3, 0.4) is 0 Å². The number of hydrogen-bond donors (Lipinski definition) is 1. The molecule has 1 aliphatic heterocycles. The summed E-state index contributed by atoms with van der Waals surface area (Å²) in [5.41, 5.74) is 0.425. The Morgan fingerprint density at radius 3 is 2.78 bits per heavy atom. The van der Waals surface area contributed by atoms with Gasteiger partial charge in [-0.1, -0.05) is 0 Å². The van der Waals surface area contributed by atoms with E-state index in [1.165, 1.54) is 12.8 Å². The molecule has 0 aromatic rings. The Morgan fingerprint density at radius 2 is 2.33 bits per heavy atom. The van der Waals surface area contributed by atoms with Gasteiger partial charge in [0, 0.05) is 19.0 Å². The summed E-state index contributed by atoms with van der Waals surface area (Å²) in [6, 6.07) is 0. The van der Waals surface area contributed by atoms with E-state index in [0.717, 1.165) is 13.1 Å². The van der Waals surface area contributed by atoms with Crippen LogP contribution in [0.1, 0.15) is 12.8 Å². The van der Waals surface area contributed by atoms with Gasteiger partial charge in [0.05, 0.1) is 6.67 Å². The van der Waals surface area contributed by atoms with E-state index in [1.54, 1.807) is 0 Å². The van der Waals surface area contributed by atoms with Crippen molar-refractivity contribution in [3.8, 4) is 0 Å². The third-order valence-corrected chi connectivity index (χ3v) is 2.81. The predicted molar refractivity (Wildman–Crippen MR) is 34.0 cm³/mol. The predicted octanol–water partition coefficient (Wildman–Crippen LogP) is 0.956. The van der Waals surface area contributed by atoms with Gasteiger partial charge in [0.25, 0.3) is 0 Å². The molecule has 1 spiro atoms. The third-order valence-electron chi connectivity index (χ3n) is 2.81. The standard InChI is InChI=1S/C7H12FN/c8-3-6-4-9-5-7(6)1-2-7/h6,9H,1-5H2. The van der Waals surface area contributed by atoms with Gasteiger partial charge in [-0.2, -0.15) is 0 Å². The van der Waals surface area contributed by atoms with Crippen molar-refractivity contribution in [1.82, 2.24) is 5.32 Å². The zero-order chi connectivity index (χ0) is 6.32. The van der Waals surface area contributed by atoms with Crippen LogP contribution in [0.25, 0.3) is 0 Å². The van der Waals surface area contributed by atoms with Gasteiger partial charge in [0.15, 0.2) is 0 Å². The molecule has 2 aliphatic rings. The van der Waals surface area contributed by atoms with E-state index in [9.17, 15) is 4.39 Å². The van der Waals surface area contributed by atoms with Crippen LogP contribution in [-0.4, -0.2) is 19.8 Å². The topological polar surface area (TPSA) is 12.0 Å². The molecule has 9 heavy (non-hydrogen) atoms. The molecule has 2 fully saturated rings. The summed E-state index contributed by atoms with van der Waals surface area (Å²) in [5, 5.41) is 3.24. The zero-order valence-corrected chi connectivity index (χ0v) is 5.49. The number of halogens is 1. The van der Waals surface area contributed by atoms with Crippen LogP contribution in [0.2, 0.25) is 0 Å². The smallest absolute Gasteiger partial charge is 0.0940 e. The molecule has 1 N–H and O–H groups in total. The second kappa shape index (κ2) is 1.69. The van der Waals surface area contributed by atoms with Crippen molar-refractivity contribution in [1.29, 1.82) is 0 Å². The Balaban J connectivity index is 2.05. The van der Waals surface area contributed by atoms with Gasteiger partial charge in [-0.05, 0) is 18.3 Å². The summed E-state index contributed by atoms with van der Waals surface area (Å²) in [6.45, 7) is 1.87. The first-order valence-electron chi connectivity index (χ1n) is 3.64. The van der Waals surface area contributed by atoms with Crippen molar-refractivity contribution in [3.63, 3.8) is 0 Å². The van der Waals surface area contributed by atoms with Gasteiger partial charge in [0.1, 0.15) is 0 Å². The van der Waals surface area contributed by atoms with Gasteiger partial charge >= 0.3 is 0 Å². The van der Waals surface area contributed by atoms with E-state index in [2.05, 4.69) is 5.32 Å². The summed E-state index contributed by atoms with van der Waals surface area (Å²) in [7, 11) is 0. The summed E-state index contributed by atoms with van der Waals surface area (Å²) in [6.07, 6.45) is 2.52. The Kier molecular flexibility index (Phi) is 1.06. The maximum Gasteiger partial charge on any atom is 0.0940 e. The lowest BCUT2D eigenvalue weighted by atomic mass is 9.94. The fourth-order valence-corrected chi connectivity index (χ4v) is 1.82. The molecule has 1 saturated heterocycles. The molecule has 1 aliphatic carbocycles. The van der Waals surface area contributed by atoms with Crippen LogP contribution in [0.15, 0.2) is 0 Å². The molecule has 1 atom stereocenters. The third kappa shape index (κ3) is 0.692. The average molecular weight is 129 g/mol. The van der Waals surface area contributed by atoms with Crippen molar-refractivity contribution >= 4 is 0 Å². The lowest BCUT2D eigenvalue weighted by Crippen LogP contribution is -2.14. The second-order valence-corrected chi connectivity index (χ2v) is 3.34. The Bertz CT molecular complexity index is 120. The zero-order valence-electron chi connectivity index (χ0n) is 5.49. The molecule has 0 aromatic heterocycles. The fourth-order valence-electron chi connectivity index (χ4n) is 1.82. The van der Waals surface area contributed by atoms with E-state index in [0.29, 0.717) is 11.3 Å². The van der Waals surface area contributed by atoms with Crippen molar-refractivity contribution in [2.45, 2.75) is 12.8 Å². The lowest BCUT2D eigenvalue weighted by molar-refractivity contribution is 0.299. The highest BCUT2D eigenvalue weighted by atomic mass is 19.1. The summed E-state index contributed by atoms with van der Waals surface area (Å²) in [5.74, 6) is 0.345. The van der Waals surface area contributed by atoms with Crippen LogP contribution in [-0.2, 0) is 0 Å². The van der Waals surface area contributed by atoms with E-state index in [-0.39, 0.29) is 6.67 Å². The van der Waals surface area contributed by atoms with E-state index < -0.39 is 0 Å². The van der Waals surface area contributed by atoms with Gasteiger partial charge < -0.3 is 5.32 Å². The highest BCUT2D eigenvalue weighted by molar-refractivity contribution is 5.04. The Labute approximate surface area is 54.6 Å². The Hall–Kier alpha value is -0.110. The first kappa shape index (κ1) is 5.66. The van der Waals surface area contributed by atoms with Crippen LogP contribution in [0, 0.1) is 11.3 Å². The summed E-state index contributed by atoms with van der Waals surface area (Å²) < 4.78 is 12.2. The quantitative estimate of drug-likeness (QED) is 0.556. The van der Waals surface area contributed by atoms with Crippen molar-refractivity contribution in [2.24, 2.45) is 11.3 Å². The number of nitrogens with one attached hydrogen (secondary N) is 1. The molecule has 2 heteroatoms. The first-order chi connectivity index (χ1) is 4.37. The van der Waals surface area contributed by atoms with Gasteiger partial charge in [-0.15, -0.1) is 0 Å². The normalized spacial score (nSPS) is 37.7. The van der Waals surface area contributed by atoms with E-state index >= 15 is 0 Å². The summed E-state index contributed by atoms with van der Waals surface area (Å²) >= 11 is 0. The molecule has 1 nitrogen and oxygen atoms in total. The van der Waals surface area contributed by atoms with Gasteiger partial charge in [0.2, 0.25) is 0 Å². The van der Waals surface area contributed by atoms with Crippen LogP contribution < -0.4 is 5.32 Å².